The zero-order chi connectivity index (χ0) is 10.4. The molecular formula is C10H18N2O. The van der Waals surface area contributed by atoms with Gasteiger partial charge in [-0.15, -0.1) is 6.42 Å². The molecule has 1 amide bonds. The predicted molar refractivity (Wildman–Crippen MR) is 53.9 cm³/mol. The fourth-order valence-corrected chi connectivity index (χ4v) is 0.969. The number of nitrogens with zero attached hydrogens (tertiary/aromatic N) is 1. The SMILES string of the molecule is C#CCN(CC)C(=O)C(C)C(C)N. The summed E-state index contributed by atoms with van der Waals surface area (Å²) < 4.78 is 0. The maximum Gasteiger partial charge on any atom is 0.227 e. The van der Waals surface area contributed by atoms with Gasteiger partial charge >= 0.3 is 0 Å². The third-order valence-corrected chi connectivity index (χ3v) is 2.15. The smallest absolute Gasteiger partial charge is 0.227 e. The minimum atomic E-state index is -0.159. The predicted octanol–water partition coefficient (Wildman–Crippen LogP) is 0.451. The lowest BCUT2D eigenvalue weighted by molar-refractivity contribution is -0.134. The Balaban J connectivity index is 4.29. The van der Waals surface area contributed by atoms with Crippen LogP contribution in [0.4, 0.5) is 0 Å². The van der Waals surface area contributed by atoms with Crippen molar-refractivity contribution in [2.45, 2.75) is 26.8 Å². The molecule has 0 rings (SSSR count). The zero-order valence-electron chi connectivity index (χ0n) is 8.58. The van der Waals surface area contributed by atoms with Crippen molar-refractivity contribution in [3.8, 4) is 12.3 Å². The fourth-order valence-electron chi connectivity index (χ4n) is 0.969. The molecule has 0 radical (unpaired) electrons. The van der Waals surface area contributed by atoms with Crippen LogP contribution >= 0.6 is 0 Å². The van der Waals surface area contributed by atoms with E-state index in [9.17, 15) is 4.79 Å². The van der Waals surface area contributed by atoms with Crippen molar-refractivity contribution >= 4 is 5.91 Å². The minimum Gasteiger partial charge on any atom is -0.332 e. The molecule has 74 valence electrons. The molecule has 0 fully saturated rings. The summed E-state index contributed by atoms with van der Waals surface area (Å²) in [5.41, 5.74) is 5.63. The van der Waals surface area contributed by atoms with Crippen LogP contribution in [0.1, 0.15) is 20.8 Å². The second-order valence-electron chi connectivity index (χ2n) is 3.20. The maximum atomic E-state index is 11.7. The van der Waals surface area contributed by atoms with Crippen molar-refractivity contribution in [3.05, 3.63) is 0 Å². The lowest BCUT2D eigenvalue weighted by atomic mass is 10.0. The van der Waals surface area contributed by atoms with Crippen molar-refractivity contribution < 1.29 is 4.79 Å². The van der Waals surface area contributed by atoms with E-state index in [4.69, 9.17) is 12.2 Å². The average molecular weight is 182 g/mol. The van der Waals surface area contributed by atoms with Crippen molar-refractivity contribution in [3.63, 3.8) is 0 Å². The summed E-state index contributed by atoms with van der Waals surface area (Å²) in [5.74, 6) is 2.34. The molecule has 0 aliphatic heterocycles. The highest BCUT2D eigenvalue weighted by Gasteiger charge is 2.21. The van der Waals surface area contributed by atoms with Crippen molar-refractivity contribution in [1.82, 2.24) is 4.90 Å². The second kappa shape index (κ2) is 5.60. The molecule has 2 unspecified atom stereocenters. The van der Waals surface area contributed by atoms with E-state index in [1.165, 1.54) is 0 Å². The molecule has 13 heavy (non-hydrogen) atoms. The van der Waals surface area contributed by atoms with Crippen LogP contribution in [0.25, 0.3) is 0 Å². The van der Waals surface area contributed by atoms with Gasteiger partial charge < -0.3 is 10.6 Å². The molecule has 2 N–H and O–H groups in total. The number of rotatable bonds is 4. The molecule has 0 bridgehead atoms. The molecule has 0 saturated heterocycles. The van der Waals surface area contributed by atoms with Crippen molar-refractivity contribution in [2.24, 2.45) is 11.7 Å². The number of terminal acetylenes is 1. The van der Waals surface area contributed by atoms with Crippen LogP contribution in [0.5, 0.6) is 0 Å². The van der Waals surface area contributed by atoms with Crippen LogP contribution in [-0.2, 0) is 4.79 Å². The van der Waals surface area contributed by atoms with Gasteiger partial charge in [0.1, 0.15) is 0 Å². The largest absolute Gasteiger partial charge is 0.332 e. The molecule has 0 heterocycles. The van der Waals surface area contributed by atoms with E-state index >= 15 is 0 Å². The lowest BCUT2D eigenvalue weighted by Gasteiger charge is -2.24. The summed E-state index contributed by atoms with van der Waals surface area (Å²) in [4.78, 5) is 13.3. The number of hydrogen-bond acceptors (Lipinski definition) is 2. The molecule has 0 saturated carbocycles. The van der Waals surface area contributed by atoms with E-state index < -0.39 is 0 Å². The maximum absolute atomic E-state index is 11.7. The first-order valence-electron chi connectivity index (χ1n) is 4.52. The van der Waals surface area contributed by atoms with E-state index in [0.29, 0.717) is 13.1 Å². The van der Waals surface area contributed by atoms with Gasteiger partial charge in [0.2, 0.25) is 5.91 Å². The Kier molecular flexibility index (Phi) is 5.17. The molecule has 0 aromatic heterocycles. The summed E-state index contributed by atoms with van der Waals surface area (Å²) in [6.45, 7) is 6.56. The van der Waals surface area contributed by atoms with Gasteiger partial charge in [-0.1, -0.05) is 12.8 Å². The number of amides is 1. The molecule has 0 spiro atoms. The standard InChI is InChI=1S/C10H18N2O/c1-5-7-12(6-2)10(13)8(3)9(4)11/h1,8-9H,6-7,11H2,2-4H3. The first-order valence-corrected chi connectivity index (χ1v) is 4.52. The number of carbonyl (C=O) groups is 1. The van der Waals surface area contributed by atoms with Gasteiger partial charge in [0.25, 0.3) is 0 Å². The third-order valence-electron chi connectivity index (χ3n) is 2.15. The Hall–Kier alpha value is -1.01. The molecule has 0 aliphatic carbocycles. The zero-order valence-corrected chi connectivity index (χ0v) is 8.58. The molecule has 0 aliphatic rings. The summed E-state index contributed by atoms with van der Waals surface area (Å²) in [5, 5.41) is 0. The van der Waals surface area contributed by atoms with Crippen LogP contribution < -0.4 is 5.73 Å². The summed E-state index contributed by atoms with van der Waals surface area (Å²) in [6.07, 6.45) is 5.14. The van der Waals surface area contributed by atoms with Crippen LogP contribution in [0.2, 0.25) is 0 Å². The first kappa shape index (κ1) is 12.0. The van der Waals surface area contributed by atoms with E-state index in [1.807, 2.05) is 20.8 Å². The molecule has 0 aromatic carbocycles. The number of carbonyl (C=O) groups excluding carboxylic acids is 1. The van der Waals surface area contributed by atoms with Crippen molar-refractivity contribution in [2.75, 3.05) is 13.1 Å². The highest BCUT2D eigenvalue weighted by molar-refractivity contribution is 5.79. The quantitative estimate of drug-likeness (QED) is 0.642. The molecule has 3 heteroatoms. The summed E-state index contributed by atoms with van der Waals surface area (Å²) in [7, 11) is 0. The lowest BCUT2D eigenvalue weighted by Crippen LogP contribution is -2.41. The minimum absolute atomic E-state index is 0.0375. The van der Waals surface area contributed by atoms with Gasteiger partial charge in [0.15, 0.2) is 0 Å². The Labute approximate surface area is 80.3 Å². The van der Waals surface area contributed by atoms with E-state index in [1.54, 1.807) is 4.90 Å². The van der Waals surface area contributed by atoms with Crippen molar-refractivity contribution in [1.29, 1.82) is 0 Å². The van der Waals surface area contributed by atoms with Gasteiger partial charge in [-0.3, -0.25) is 4.79 Å². The molecule has 3 nitrogen and oxygen atoms in total. The van der Waals surface area contributed by atoms with Gasteiger partial charge in [0.05, 0.1) is 12.5 Å². The normalized spacial score (nSPS) is 14.4. The van der Waals surface area contributed by atoms with Crippen LogP contribution in [0.3, 0.4) is 0 Å². The monoisotopic (exact) mass is 182 g/mol. The molecule has 2 atom stereocenters. The number of hydrogen-bond donors (Lipinski definition) is 1. The van der Waals surface area contributed by atoms with Crippen LogP contribution in [-0.4, -0.2) is 29.9 Å². The van der Waals surface area contributed by atoms with Gasteiger partial charge in [-0.25, -0.2) is 0 Å². The Morgan fingerprint density at radius 3 is 2.46 bits per heavy atom. The van der Waals surface area contributed by atoms with Gasteiger partial charge in [-0.2, -0.15) is 0 Å². The van der Waals surface area contributed by atoms with E-state index in [-0.39, 0.29) is 17.9 Å². The van der Waals surface area contributed by atoms with Gasteiger partial charge in [0, 0.05) is 12.6 Å². The fraction of sp³-hybridized carbons (Fsp3) is 0.700. The highest BCUT2D eigenvalue weighted by Crippen LogP contribution is 2.05. The Bertz CT molecular complexity index is 205. The first-order chi connectivity index (χ1) is 6.04. The van der Waals surface area contributed by atoms with Gasteiger partial charge in [-0.05, 0) is 13.8 Å². The average Bonchev–Trinajstić information content (AvgIpc) is 2.11. The van der Waals surface area contributed by atoms with E-state index in [0.717, 1.165) is 0 Å². The summed E-state index contributed by atoms with van der Waals surface area (Å²) >= 11 is 0. The Morgan fingerprint density at radius 1 is 1.62 bits per heavy atom. The second-order valence-corrected chi connectivity index (χ2v) is 3.20. The molecule has 0 aromatic rings. The number of nitrogens with two attached hydrogens (primary N) is 1. The third kappa shape index (κ3) is 3.47. The van der Waals surface area contributed by atoms with Crippen LogP contribution in [0, 0.1) is 18.3 Å². The molecular weight excluding hydrogens is 164 g/mol. The topological polar surface area (TPSA) is 46.3 Å². The van der Waals surface area contributed by atoms with Crippen LogP contribution in [0.15, 0.2) is 0 Å². The van der Waals surface area contributed by atoms with E-state index in [2.05, 4.69) is 5.92 Å². The summed E-state index contributed by atoms with van der Waals surface area (Å²) in [6, 6.07) is -0.126. The highest BCUT2D eigenvalue weighted by atomic mass is 16.2. The Morgan fingerprint density at radius 2 is 2.15 bits per heavy atom.